The van der Waals surface area contributed by atoms with Crippen LogP contribution in [0.2, 0.25) is 0 Å². The Balaban J connectivity index is 1.66. The monoisotopic (exact) mass is 225 g/mol. The molecule has 4 heteroatoms. The Morgan fingerprint density at radius 3 is 2.38 bits per heavy atom. The van der Waals surface area contributed by atoms with Crippen molar-refractivity contribution in [1.29, 1.82) is 0 Å². The zero-order valence-corrected chi connectivity index (χ0v) is 9.45. The average Bonchev–Trinajstić information content (AvgIpc) is 3.07. The Kier molecular flexibility index (Phi) is 3.46. The van der Waals surface area contributed by atoms with Crippen LogP contribution in [0.3, 0.4) is 0 Å². The molecule has 0 radical (unpaired) electrons. The maximum Gasteiger partial charge on any atom is 0.307 e. The summed E-state index contributed by atoms with van der Waals surface area (Å²) in [6, 6.07) is 0. The minimum absolute atomic E-state index is 0.0574. The first kappa shape index (κ1) is 11.4. The first-order chi connectivity index (χ1) is 7.68. The van der Waals surface area contributed by atoms with Crippen LogP contribution in [0, 0.1) is 17.8 Å². The summed E-state index contributed by atoms with van der Waals surface area (Å²) in [5.74, 6) is -0.969. The molecule has 90 valence electrons. The highest BCUT2D eigenvalue weighted by Crippen LogP contribution is 2.38. The lowest BCUT2D eigenvalue weighted by Crippen LogP contribution is -2.32. The molecule has 0 aromatic carbocycles. The molecule has 2 atom stereocenters. The van der Waals surface area contributed by atoms with Crippen molar-refractivity contribution in [2.24, 2.45) is 17.8 Å². The van der Waals surface area contributed by atoms with Gasteiger partial charge in [0.05, 0.1) is 11.8 Å². The van der Waals surface area contributed by atoms with E-state index in [1.54, 1.807) is 0 Å². The van der Waals surface area contributed by atoms with E-state index in [1.165, 1.54) is 32.1 Å². The Labute approximate surface area is 95.4 Å². The number of hydrogen-bond acceptors (Lipinski definition) is 2. The molecule has 0 aromatic rings. The van der Waals surface area contributed by atoms with Gasteiger partial charge in [0.1, 0.15) is 0 Å². The molecule has 0 aromatic heterocycles. The quantitative estimate of drug-likeness (QED) is 0.760. The van der Waals surface area contributed by atoms with E-state index in [1.807, 2.05) is 0 Å². The number of carbonyl (C=O) groups excluding carboxylic acids is 1. The summed E-state index contributed by atoms with van der Waals surface area (Å²) in [7, 11) is 0. The molecule has 4 nitrogen and oxygen atoms in total. The molecule has 2 fully saturated rings. The molecule has 0 saturated heterocycles. The lowest BCUT2D eigenvalue weighted by molar-refractivity contribution is -0.140. The Bertz CT molecular complexity index is 284. The van der Waals surface area contributed by atoms with Gasteiger partial charge in [-0.25, -0.2) is 0 Å². The number of hydrogen-bond donors (Lipinski definition) is 2. The van der Waals surface area contributed by atoms with Gasteiger partial charge >= 0.3 is 5.97 Å². The van der Waals surface area contributed by atoms with E-state index in [-0.39, 0.29) is 11.8 Å². The predicted molar refractivity (Wildman–Crippen MR) is 58.8 cm³/mol. The van der Waals surface area contributed by atoms with Gasteiger partial charge in [-0.3, -0.25) is 9.59 Å². The number of amides is 1. The van der Waals surface area contributed by atoms with E-state index in [0.717, 1.165) is 6.54 Å². The maximum absolute atomic E-state index is 11.6. The Hall–Kier alpha value is -1.06. The SMILES string of the molecule is O=C(O)C1CC1C(=O)NCC1CCCCC1. The first-order valence-electron chi connectivity index (χ1n) is 6.19. The zero-order chi connectivity index (χ0) is 11.5. The van der Waals surface area contributed by atoms with Crippen molar-refractivity contribution >= 4 is 11.9 Å². The van der Waals surface area contributed by atoms with Crippen LogP contribution >= 0.6 is 0 Å². The molecule has 2 saturated carbocycles. The number of carboxylic acids is 1. The van der Waals surface area contributed by atoms with E-state index in [9.17, 15) is 9.59 Å². The molecule has 0 bridgehead atoms. The second-order valence-corrected chi connectivity index (χ2v) is 5.04. The molecule has 16 heavy (non-hydrogen) atoms. The second kappa shape index (κ2) is 4.85. The molecule has 0 aliphatic heterocycles. The number of rotatable bonds is 4. The van der Waals surface area contributed by atoms with Crippen molar-refractivity contribution < 1.29 is 14.7 Å². The van der Waals surface area contributed by atoms with Crippen molar-refractivity contribution in [3.63, 3.8) is 0 Å². The fraction of sp³-hybridized carbons (Fsp3) is 0.833. The van der Waals surface area contributed by atoms with Gasteiger partial charge in [0, 0.05) is 6.54 Å². The fourth-order valence-electron chi connectivity index (χ4n) is 2.52. The highest BCUT2D eigenvalue weighted by molar-refractivity contribution is 5.89. The highest BCUT2D eigenvalue weighted by atomic mass is 16.4. The predicted octanol–water partition coefficient (Wildman–Crippen LogP) is 1.40. The van der Waals surface area contributed by atoms with Gasteiger partial charge in [-0.1, -0.05) is 19.3 Å². The van der Waals surface area contributed by atoms with Crippen molar-refractivity contribution in [1.82, 2.24) is 5.32 Å². The summed E-state index contributed by atoms with van der Waals surface area (Å²) in [5, 5.41) is 11.6. The van der Waals surface area contributed by atoms with Crippen LogP contribution < -0.4 is 5.32 Å². The van der Waals surface area contributed by atoms with Crippen molar-refractivity contribution in [2.75, 3.05) is 6.54 Å². The summed E-state index contributed by atoms with van der Waals surface area (Å²) in [5.41, 5.74) is 0. The average molecular weight is 225 g/mol. The number of carbonyl (C=O) groups is 2. The molecule has 0 spiro atoms. The van der Waals surface area contributed by atoms with Crippen LogP contribution in [0.5, 0.6) is 0 Å². The van der Waals surface area contributed by atoms with Gasteiger partial charge in [-0.05, 0) is 25.2 Å². The summed E-state index contributed by atoms with van der Waals surface area (Å²) < 4.78 is 0. The van der Waals surface area contributed by atoms with Gasteiger partial charge in [0.2, 0.25) is 5.91 Å². The van der Waals surface area contributed by atoms with Crippen molar-refractivity contribution in [3.8, 4) is 0 Å². The molecule has 2 N–H and O–H groups in total. The Morgan fingerprint density at radius 2 is 1.81 bits per heavy atom. The third-order valence-electron chi connectivity index (χ3n) is 3.73. The minimum atomic E-state index is -0.835. The molecular formula is C12H19NO3. The van der Waals surface area contributed by atoms with Gasteiger partial charge in [0.25, 0.3) is 0 Å². The van der Waals surface area contributed by atoms with Crippen LogP contribution in [-0.4, -0.2) is 23.5 Å². The summed E-state index contributed by atoms with van der Waals surface area (Å²) in [6.45, 7) is 0.738. The van der Waals surface area contributed by atoms with E-state index in [0.29, 0.717) is 12.3 Å². The van der Waals surface area contributed by atoms with Crippen LogP contribution in [0.1, 0.15) is 38.5 Å². The smallest absolute Gasteiger partial charge is 0.307 e. The third-order valence-corrected chi connectivity index (χ3v) is 3.73. The van der Waals surface area contributed by atoms with Gasteiger partial charge in [0.15, 0.2) is 0 Å². The standard InChI is InChI=1S/C12H19NO3/c14-11(9-6-10(9)12(15)16)13-7-8-4-2-1-3-5-8/h8-10H,1-7H2,(H,13,14)(H,15,16). The van der Waals surface area contributed by atoms with Crippen LogP contribution in [-0.2, 0) is 9.59 Å². The zero-order valence-electron chi connectivity index (χ0n) is 9.45. The van der Waals surface area contributed by atoms with Crippen molar-refractivity contribution in [3.05, 3.63) is 0 Å². The normalized spacial score (nSPS) is 29.8. The summed E-state index contributed by atoms with van der Waals surface area (Å²) in [6.07, 6.45) is 6.77. The number of aliphatic carboxylic acids is 1. The van der Waals surface area contributed by atoms with E-state index in [4.69, 9.17) is 5.11 Å². The summed E-state index contributed by atoms with van der Waals surface area (Å²) >= 11 is 0. The summed E-state index contributed by atoms with van der Waals surface area (Å²) in [4.78, 5) is 22.2. The highest BCUT2D eigenvalue weighted by Gasteiger charge is 2.48. The van der Waals surface area contributed by atoms with Crippen LogP contribution in [0.25, 0.3) is 0 Å². The van der Waals surface area contributed by atoms with E-state index in [2.05, 4.69) is 5.32 Å². The topological polar surface area (TPSA) is 66.4 Å². The third kappa shape index (κ3) is 2.74. The minimum Gasteiger partial charge on any atom is -0.481 e. The molecule has 2 unspecified atom stereocenters. The van der Waals surface area contributed by atoms with Gasteiger partial charge in [-0.2, -0.15) is 0 Å². The molecular weight excluding hydrogens is 206 g/mol. The molecule has 2 rings (SSSR count). The molecule has 1 amide bonds. The van der Waals surface area contributed by atoms with Crippen LogP contribution in [0.4, 0.5) is 0 Å². The fourth-order valence-corrected chi connectivity index (χ4v) is 2.52. The van der Waals surface area contributed by atoms with E-state index >= 15 is 0 Å². The first-order valence-corrected chi connectivity index (χ1v) is 6.19. The lowest BCUT2D eigenvalue weighted by atomic mass is 9.89. The number of nitrogens with one attached hydrogen (secondary N) is 1. The maximum atomic E-state index is 11.6. The van der Waals surface area contributed by atoms with Gasteiger partial charge < -0.3 is 10.4 Å². The number of carboxylic acid groups (broad SMARTS) is 1. The largest absolute Gasteiger partial charge is 0.481 e. The van der Waals surface area contributed by atoms with Crippen LogP contribution in [0.15, 0.2) is 0 Å². The Morgan fingerprint density at radius 1 is 1.12 bits per heavy atom. The lowest BCUT2D eigenvalue weighted by Gasteiger charge is -2.21. The van der Waals surface area contributed by atoms with E-state index < -0.39 is 11.9 Å². The molecule has 2 aliphatic rings. The molecule has 0 heterocycles. The second-order valence-electron chi connectivity index (χ2n) is 5.04. The van der Waals surface area contributed by atoms with Crippen molar-refractivity contribution in [2.45, 2.75) is 38.5 Å². The van der Waals surface area contributed by atoms with Gasteiger partial charge in [-0.15, -0.1) is 0 Å². The molecule has 2 aliphatic carbocycles.